The maximum absolute atomic E-state index is 12.9. The van der Waals surface area contributed by atoms with Gasteiger partial charge in [0.2, 0.25) is 0 Å². The number of aromatic nitrogens is 2. The van der Waals surface area contributed by atoms with Crippen molar-refractivity contribution in [2.75, 3.05) is 57.8 Å². The number of hydrogen-bond donors (Lipinski definition) is 0. The number of fused-ring (bicyclic) bond motifs is 2. The van der Waals surface area contributed by atoms with Gasteiger partial charge in [0.15, 0.2) is 0 Å². The van der Waals surface area contributed by atoms with Crippen LogP contribution in [-0.2, 0) is 6.42 Å². The van der Waals surface area contributed by atoms with Crippen LogP contribution in [-0.4, -0.2) is 90.4 Å². The number of rotatable bonds is 5. The van der Waals surface area contributed by atoms with E-state index in [2.05, 4.69) is 4.98 Å². The number of nitrogens with zero attached hydrogens (tertiary/aromatic N) is 5. The fourth-order valence-electron chi connectivity index (χ4n) is 5.10. The van der Waals surface area contributed by atoms with Crippen LogP contribution in [0.25, 0.3) is 16.9 Å². The number of carbonyl (C=O) groups excluding carboxylic acids is 1. The second kappa shape index (κ2) is 9.68. The number of amides is 1. The van der Waals surface area contributed by atoms with Crippen LogP contribution in [0, 0.1) is 0 Å². The highest BCUT2D eigenvalue weighted by Gasteiger charge is 2.37. The number of imidazole rings is 1. The molecule has 7 nitrogen and oxygen atoms in total. The third kappa shape index (κ3) is 5.38. The highest BCUT2D eigenvalue weighted by molar-refractivity contribution is 6.00. The third-order valence-electron chi connectivity index (χ3n) is 6.86. The van der Waals surface area contributed by atoms with Crippen LogP contribution in [0.3, 0.4) is 0 Å². The zero-order chi connectivity index (χ0) is 27.2. The number of ether oxygens (including phenoxy) is 1. The fourth-order valence-corrected chi connectivity index (χ4v) is 5.10. The molecular formula is C25H25F6N5O2. The molecule has 4 heterocycles. The molecule has 2 aliphatic rings. The van der Waals surface area contributed by atoms with E-state index in [9.17, 15) is 31.1 Å². The Morgan fingerprint density at radius 2 is 1.66 bits per heavy atom. The van der Waals surface area contributed by atoms with Crippen molar-refractivity contribution in [2.45, 2.75) is 18.8 Å². The summed E-state index contributed by atoms with van der Waals surface area (Å²) in [7, 11) is 1.37. The number of methoxy groups -OCH3 is 1. The zero-order valence-electron chi connectivity index (χ0n) is 20.4. The van der Waals surface area contributed by atoms with Gasteiger partial charge in [-0.1, -0.05) is 0 Å². The van der Waals surface area contributed by atoms with E-state index < -0.39 is 31.3 Å². The van der Waals surface area contributed by atoms with Crippen molar-refractivity contribution in [3.05, 3.63) is 47.8 Å². The van der Waals surface area contributed by atoms with E-state index in [-0.39, 0.29) is 24.3 Å². The van der Waals surface area contributed by atoms with Gasteiger partial charge < -0.3 is 14.5 Å². The fraction of sp³-hybridized carbons (Fsp3) is 0.440. The molecule has 0 spiro atoms. The van der Waals surface area contributed by atoms with Gasteiger partial charge in [0.25, 0.3) is 5.91 Å². The molecule has 5 rings (SSSR count). The highest BCUT2D eigenvalue weighted by atomic mass is 19.4. The van der Waals surface area contributed by atoms with Gasteiger partial charge in [-0.3, -0.25) is 14.1 Å². The first-order valence-corrected chi connectivity index (χ1v) is 12.0. The van der Waals surface area contributed by atoms with Crippen LogP contribution in [0.15, 0.2) is 36.7 Å². The molecule has 2 aromatic heterocycles. The normalized spacial score (nSPS) is 17.3. The van der Waals surface area contributed by atoms with Crippen LogP contribution < -0.4 is 9.64 Å². The minimum absolute atomic E-state index is 0.0509. The Morgan fingerprint density at radius 1 is 0.947 bits per heavy atom. The van der Waals surface area contributed by atoms with Crippen LogP contribution in [0.5, 0.6) is 5.75 Å². The molecule has 3 aromatic rings. The van der Waals surface area contributed by atoms with Crippen LogP contribution in [0.1, 0.15) is 15.9 Å². The second-order valence-electron chi connectivity index (χ2n) is 9.44. The monoisotopic (exact) mass is 541 g/mol. The highest BCUT2D eigenvalue weighted by Crippen LogP contribution is 2.35. The number of pyridine rings is 1. The molecule has 204 valence electrons. The molecule has 38 heavy (non-hydrogen) atoms. The smallest absolute Gasteiger partial charge is 0.406 e. The molecule has 0 N–H and O–H groups in total. The minimum Gasteiger partial charge on any atom is -0.496 e. The lowest BCUT2D eigenvalue weighted by molar-refractivity contribution is -0.146. The van der Waals surface area contributed by atoms with Crippen molar-refractivity contribution < 1.29 is 35.9 Å². The van der Waals surface area contributed by atoms with E-state index in [1.807, 2.05) is 27.6 Å². The van der Waals surface area contributed by atoms with Gasteiger partial charge in [0.1, 0.15) is 17.9 Å². The van der Waals surface area contributed by atoms with Crippen LogP contribution in [0.2, 0.25) is 0 Å². The molecule has 0 unspecified atom stereocenters. The van der Waals surface area contributed by atoms with Crippen LogP contribution >= 0.6 is 0 Å². The summed E-state index contributed by atoms with van der Waals surface area (Å²) in [5.41, 5.74) is 3.60. The van der Waals surface area contributed by atoms with Crippen LogP contribution in [0.4, 0.5) is 32.0 Å². The van der Waals surface area contributed by atoms with Crippen molar-refractivity contribution in [1.82, 2.24) is 19.2 Å². The van der Waals surface area contributed by atoms with Gasteiger partial charge in [-0.25, -0.2) is 4.98 Å². The Kier molecular flexibility index (Phi) is 6.66. The van der Waals surface area contributed by atoms with E-state index in [1.54, 1.807) is 18.3 Å². The predicted octanol–water partition coefficient (Wildman–Crippen LogP) is 4.25. The Labute approximate surface area is 214 Å². The molecule has 0 aliphatic carbocycles. The molecule has 0 bridgehead atoms. The van der Waals surface area contributed by atoms with Gasteiger partial charge >= 0.3 is 12.4 Å². The summed E-state index contributed by atoms with van der Waals surface area (Å²) in [6.45, 7) is -0.757. The van der Waals surface area contributed by atoms with Crippen molar-refractivity contribution in [3.8, 4) is 17.0 Å². The van der Waals surface area contributed by atoms with Crippen molar-refractivity contribution in [1.29, 1.82) is 0 Å². The Hall–Kier alpha value is -3.48. The molecular weight excluding hydrogens is 516 g/mol. The van der Waals surface area contributed by atoms with Gasteiger partial charge in [0, 0.05) is 56.2 Å². The first kappa shape index (κ1) is 26.1. The maximum Gasteiger partial charge on any atom is 0.406 e. The lowest BCUT2D eigenvalue weighted by Gasteiger charge is -2.36. The van der Waals surface area contributed by atoms with Crippen molar-refractivity contribution in [2.24, 2.45) is 0 Å². The minimum atomic E-state index is -4.49. The number of hydrogen-bond acceptors (Lipinski definition) is 5. The molecule has 0 saturated carbocycles. The zero-order valence-corrected chi connectivity index (χ0v) is 20.4. The van der Waals surface area contributed by atoms with E-state index in [1.165, 1.54) is 12.0 Å². The predicted molar refractivity (Wildman–Crippen MR) is 128 cm³/mol. The average molecular weight is 541 g/mol. The summed E-state index contributed by atoms with van der Waals surface area (Å²) < 4.78 is 84.0. The van der Waals surface area contributed by atoms with E-state index >= 15 is 0 Å². The number of alkyl halides is 6. The topological polar surface area (TPSA) is 53.3 Å². The number of anilines is 1. The van der Waals surface area contributed by atoms with E-state index in [0.29, 0.717) is 48.6 Å². The van der Waals surface area contributed by atoms with Gasteiger partial charge in [0.05, 0.1) is 31.1 Å². The maximum atomic E-state index is 12.9. The van der Waals surface area contributed by atoms with Gasteiger partial charge in [-0.2, -0.15) is 26.3 Å². The SMILES string of the molecule is COc1cc(-c2cnc3cc(N4CCN(CC(F)(F)F)CC4)ccn23)cc2c1C(=O)N(CC(F)(F)F)CC2. The molecule has 1 fully saturated rings. The summed E-state index contributed by atoms with van der Waals surface area (Å²) >= 11 is 0. The largest absolute Gasteiger partial charge is 0.496 e. The molecule has 13 heteroatoms. The molecule has 1 aromatic carbocycles. The summed E-state index contributed by atoms with van der Waals surface area (Å²) in [5, 5.41) is 0. The molecule has 1 amide bonds. The van der Waals surface area contributed by atoms with Crippen molar-refractivity contribution in [3.63, 3.8) is 0 Å². The number of carbonyl (C=O) groups is 1. The van der Waals surface area contributed by atoms with E-state index in [4.69, 9.17) is 4.74 Å². The molecule has 0 atom stereocenters. The molecule has 2 aliphatic heterocycles. The second-order valence-corrected chi connectivity index (χ2v) is 9.44. The standard InChI is InChI=1S/C25H25F6N5O2/c1-38-20-11-17(10-16-2-4-35(15-25(29,30)31)23(37)22(16)20)19-13-32-21-12-18(3-5-36(19)21)34-8-6-33(7-9-34)14-24(26,27)28/h3,5,10-13H,2,4,6-9,14-15H2,1H3. The first-order valence-electron chi connectivity index (χ1n) is 12.0. The Bertz CT molecular complexity index is 1330. The Morgan fingerprint density at radius 3 is 2.32 bits per heavy atom. The Balaban J connectivity index is 1.38. The van der Waals surface area contributed by atoms with Gasteiger partial charge in [-0.05, 0) is 30.2 Å². The summed E-state index contributed by atoms with van der Waals surface area (Å²) in [5.74, 6) is -0.525. The number of piperazine rings is 1. The number of benzene rings is 1. The number of halogens is 6. The summed E-state index contributed by atoms with van der Waals surface area (Å²) in [6, 6.07) is 7.12. The van der Waals surface area contributed by atoms with Crippen molar-refractivity contribution >= 4 is 17.2 Å². The lowest BCUT2D eigenvalue weighted by Crippen LogP contribution is -2.49. The summed E-state index contributed by atoms with van der Waals surface area (Å²) in [4.78, 5) is 21.5. The van der Waals surface area contributed by atoms with Gasteiger partial charge in [-0.15, -0.1) is 0 Å². The lowest BCUT2D eigenvalue weighted by atomic mass is 9.94. The average Bonchev–Trinajstić information content (AvgIpc) is 3.27. The van der Waals surface area contributed by atoms with E-state index in [0.717, 1.165) is 10.6 Å². The first-order chi connectivity index (χ1) is 17.9. The quantitative estimate of drug-likeness (QED) is 0.452. The molecule has 1 saturated heterocycles. The third-order valence-corrected chi connectivity index (χ3v) is 6.86. The summed E-state index contributed by atoms with van der Waals surface area (Å²) in [6.07, 6.45) is -4.99. The molecule has 0 radical (unpaired) electrons.